The summed E-state index contributed by atoms with van der Waals surface area (Å²) in [5, 5.41) is 0. The van der Waals surface area contributed by atoms with Crippen LogP contribution in [0.2, 0.25) is 0 Å². The normalized spacial score (nSPS) is 12.6. The molecule has 0 radical (unpaired) electrons. The summed E-state index contributed by atoms with van der Waals surface area (Å²) in [7, 11) is 0. The zero-order chi connectivity index (χ0) is 18.3. The molecule has 0 bridgehead atoms. The molecule has 0 aliphatic rings. The van der Waals surface area contributed by atoms with E-state index in [9.17, 15) is 9.59 Å². The summed E-state index contributed by atoms with van der Waals surface area (Å²) in [6.07, 6.45) is 3.84. The van der Waals surface area contributed by atoms with Crippen molar-refractivity contribution in [1.29, 1.82) is 0 Å². The van der Waals surface area contributed by atoms with Crippen LogP contribution in [-0.2, 0) is 15.0 Å². The molecule has 132 valence electrons. The fraction of sp³-hybridized carbons (Fsp3) is 0.391. The molecular weight excluding hydrogens is 308 g/mol. The first kappa shape index (κ1) is 19.1. The number of benzene rings is 2. The van der Waals surface area contributed by atoms with Crippen LogP contribution in [0.1, 0.15) is 57.6 Å². The predicted octanol–water partition coefficient (Wildman–Crippen LogP) is 5.35. The first-order chi connectivity index (χ1) is 12.0. The Kier molecular flexibility index (Phi) is 6.69. The molecule has 0 aromatic heterocycles. The second kappa shape index (κ2) is 8.75. The first-order valence-corrected chi connectivity index (χ1v) is 9.17. The third kappa shape index (κ3) is 3.89. The third-order valence-electron chi connectivity index (χ3n) is 5.12. The fourth-order valence-electron chi connectivity index (χ4n) is 3.95. The summed E-state index contributed by atoms with van der Waals surface area (Å²) < 4.78 is 0. The van der Waals surface area contributed by atoms with E-state index in [1.807, 2.05) is 60.7 Å². The molecule has 0 fully saturated rings. The lowest BCUT2D eigenvalue weighted by Gasteiger charge is -2.39. The van der Waals surface area contributed by atoms with Crippen molar-refractivity contribution in [3.63, 3.8) is 0 Å². The zero-order valence-electron chi connectivity index (χ0n) is 15.5. The van der Waals surface area contributed by atoms with Crippen LogP contribution in [0, 0.1) is 5.92 Å². The molecule has 2 nitrogen and oxygen atoms in total. The standard InChI is InChI=1S/C23H28O2/c1-4-5-8-17-22(18(2)24)23(19(3)25,20-13-9-6-10-14-20)21-15-11-7-12-16-21/h6-7,9-16,22H,4-5,8,17H2,1-3H3. The van der Waals surface area contributed by atoms with E-state index in [1.54, 1.807) is 13.8 Å². The van der Waals surface area contributed by atoms with Gasteiger partial charge in [-0.3, -0.25) is 9.59 Å². The minimum atomic E-state index is -0.915. The highest BCUT2D eigenvalue weighted by Crippen LogP contribution is 2.43. The lowest BCUT2D eigenvalue weighted by Crippen LogP contribution is -2.46. The Bertz CT molecular complexity index is 649. The van der Waals surface area contributed by atoms with Gasteiger partial charge in [-0.05, 0) is 31.4 Å². The van der Waals surface area contributed by atoms with Crippen LogP contribution in [0.3, 0.4) is 0 Å². The molecule has 0 amide bonds. The summed E-state index contributed by atoms with van der Waals surface area (Å²) in [5.74, 6) is -0.234. The Morgan fingerprint density at radius 1 is 0.840 bits per heavy atom. The maximum Gasteiger partial charge on any atom is 0.145 e. The SMILES string of the molecule is CCCCCC(C(C)=O)C(C(C)=O)(c1ccccc1)c1ccccc1. The van der Waals surface area contributed by atoms with Gasteiger partial charge in [0.15, 0.2) is 0 Å². The van der Waals surface area contributed by atoms with Crippen LogP contribution < -0.4 is 0 Å². The summed E-state index contributed by atoms with van der Waals surface area (Å²) >= 11 is 0. The van der Waals surface area contributed by atoms with Crippen LogP contribution >= 0.6 is 0 Å². The fourth-order valence-corrected chi connectivity index (χ4v) is 3.95. The minimum absolute atomic E-state index is 0.0293. The lowest BCUT2D eigenvalue weighted by molar-refractivity contribution is -0.131. The van der Waals surface area contributed by atoms with Crippen LogP contribution in [0.25, 0.3) is 0 Å². The van der Waals surface area contributed by atoms with Crippen molar-refractivity contribution in [2.45, 2.75) is 51.9 Å². The molecule has 1 atom stereocenters. The van der Waals surface area contributed by atoms with E-state index in [0.717, 1.165) is 36.8 Å². The number of carbonyl (C=O) groups excluding carboxylic acids is 2. The second-order valence-corrected chi connectivity index (χ2v) is 6.76. The number of ketones is 2. The molecule has 0 heterocycles. The Balaban J connectivity index is 2.68. The summed E-state index contributed by atoms with van der Waals surface area (Å²) in [5.41, 5.74) is 0.901. The van der Waals surface area contributed by atoms with Crippen LogP contribution in [-0.4, -0.2) is 11.6 Å². The molecule has 0 spiro atoms. The van der Waals surface area contributed by atoms with Gasteiger partial charge in [0.2, 0.25) is 0 Å². The van der Waals surface area contributed by atoms with Crippen molar-refractivity contribution in [1.82, 2.24) is 0 Å². The molecule has 1 unspecified atom stereocenters. The molecule has 2 aromatic carbocycles. The van der Waals surface area contributed by atoms with Crippen LogP contribution in [0.15, 0.2) is 60.7 Å². The number of hydrogen-bond donors (Lipinski definition) is 0. The van der Waals surface area contributed by atoms with E-state index >= 15 is 0 Å². The highest BCUT2D eigenvalue weighted by molar-refractivity contribution is 5.98. The van der Waals surface area contributed by atoms with Crippen molar-refractivity contribution in [2.24, 2.45) is 5.92 Å². The molecule has 2 rings (SSSR count). The molecule has 25 heavy (non-hydrogen) atoms. The highest BCUT2D eigenvalue weighted by atomic mass is 16.1. The van der Waals surface area contributed by atoms with Crippen LogP contribution in [0.5, 0.6) is 0 Å². The largest absolute Gasteiger partial charge is 0.300 e. The lowest BCUT2D eigenvalue weighted by atomic mass is 9.61. The van der Waals surface area contributed by atoms with Gasteiger partial charge in [0.05, 0.1) is 5.41 Å². The van der Waals surface area contributed by atoms with Crippen LogP contribution in [0.4, 0.5) is 0 Å². The van der Waals surface area contributed by atoms with Gasteiger partial charge in [-0.15, -0.1) is 0 Å². The minimum Gasteiger partial charge on any atom is -0.300 e. The van der Waals surface area contributed by atoms with Crippen molar-refractivity contribution >= 4 is 11.6 Å². The van der Waals surface area contributed by atoms with Crippen molar-refractivity contribution < 1.29 is 9.59 Å². The van der Waals surface area contributed by atoms with Gasteiger partial charge in [-0.25, -0.2) is 0 Å². The van der Waals surface area contributed by atoms with Gasteiger partial charge < -0.3 is 0 Å². The predicted molar refractivity (Wildman–Crippen MR) is 103 cm³/mol. The Hall–Kier alpha value is -2.22. The number of rotatable bonds is 9. The van der Waals surface area contributed by atoms with Gasteiger partial charge in [-0.1, -0.05) is 86.8 Å². The second-order valence-electron chi connectivity index (χ2n) is 6.76. The Labute approximate surface area is 151 Å². The molecule has 0 aliphatic carbocycles. The average Bonchev–Trinajstić information content (AvgIpc) is 2.62. The van der Waals surface area contributed by atoms with Gasteiger partial charge in [-0.2, -0.15) is 0 Å². The summed E-state index contributed by atoms with van der Waals surface area (Å²) in [6, 6.07) is 19.6. The molecule has 0 aliphatic heterocycles. The van der Waals surface area contributed by atoms with E-state index in [4.69, 9.17) is 0 Å². The van der Waals surface area contributed by atoms with E-state index < -0.39 is 5.41 Å². The van der Waals surface area contributed by atoms with Gasteiger partial charge in [0.25, 0.3) is 0 Å². The third-order valence-corrected chi connectivity index (χ3v) is 5.12. The topological polar surface area (TPSA) is 34.1 Å². The average molecular weight is 336 g/mol. The Morgan fingerprint density at radius 2 is 1.32 bits per heavy atom. The monoisotopic (exact) mass is 336 g/mol. The molecule has 2 heteroatoms. The van der Waals surface area contributed by atoms with Gasteiger partial charge >= 0.3 is 0 Å². The maximum atomic E-state index is 13.1. The first-order valence-electron chi connectivity index (χ1n) is 9.17. The Morgan fingerprint density at radius 3 is 1.68 bits per heavy atom. The zero-order valence-corrected chi connectivity index (χ0v) is 15.5. The van der Waals surface area contributed by atoms with E-state index in [0.29, 0.717) is 0 Å². The maximum absolute atomic E-state index is 13.1. The smallest absolute Gasteiger partial charge is 0.145 e. The van der Waals surface area contributed by atoms with Gasteiger partial charge in [0, 0.05) is 5.92 Å². The molecule has 2 aromatic rings. The van der Waals surface area contributed by atoms with E-state index in [-0.39, 0.29) is 17.5 Å². The summed E-state index contributed by atoms with van der Waals surface area (Å²) in [4.78, 5) is 25.8. The number of Topliss-reactive ketones (excluding diaryl/α,β-unsaturated/α-hetero) is 2. The quantitative estimate of drug-likeness (QED) is 0.579. The van der Waals surface area contributed by atoms with Crippen molar-refractivity contribution in [3.8, 4) is 0 Å². The molecular formula is C23H28O2. The number of hydrogen-bond acceptors (Lipinski definition) is 2. The highest BCUT2D eigenvalue weighted by Gasteiger charge is 2.47. The van der Waals surface area contributed by atoms with E-state index in [2.05, 4.69) is 6.92 Å². The molecule has 0 saturated carbocycles. The number of unbranched alkanes of at least 4 members (excludes halogenated alkanes) is 2. The summed E-state index contributed by atoms with van der Waals surface area (Å²) in [6.45, 7) is 5.39. The molecule has 0 N–H and O–H groups in total. The molecule has 0 saturated heterocycles. The van der Waals surface area contributed by atoms with Crippen molar-refractivity contribution in [3.05, 3.63) is 71.8 Å². The van der Waals surface area contributed by atoms with Crippen molar-refractivity contribution in [2.75, 3.05) is 0 Å². The van der Waals surface area contributed by atoms with E-state index in [1.165, 1.54) is 0 Å². The van der Waals surface area contributed by atoms with Gasteiger partial charge in [0.1, 0.15) is 11.6 Å². The number of carbonyl (C=O) groups is 2.